The Balaban J connectivity index is 3.06. The number of hydrogen-bond acceptors (Lipinski definition) is 1. The van der Waals surface area contributed by atoms with Gasteiger partial charge in [0.15, 0.2) is 0 Å². The van der Waals surface area contributed by atoms with Gasteiger partial charge in [0.05, 0.1) is 0 Å². The predicted octanol–water partition coefficient (Wildman–Crippen LogP) is 3.56. The van der Waals surface area contributed by atoms with E-state index in [9.17, 15) is 13.2 Å². The van der Waals surface area contributed by atoms with Crippen LogP contribution in [0.15, 0.2) is 23.8 Å². The summed E-state index contributed by atoms with van der Waals surface area (Å²) in [6.07, 6.45) is 2.03. The summed E-state index contributed by atoms with van der Waals surface area (Å²) in [6.45, 7) is 1.72. The highest BCUT2D eigenvalue weighted by Gasteiger charge is 2.51. The summed E-state index contributed by atoms with van der Waals surface area (Å²) in [6, 6.07) is 0. The molecule has 0 aromatic carbocycles. The van der Waals surface area contributed by atoms with Crippen LogP contribution in [-0.2, 0) is 0 Å². The van der Waals surface area contributed by atoms with E-state index in [2.05, 4.69) is 0 Å². The average Bonchev–Trinajstić information content (AvgIpc) is 2.02. The zero-order valence-corrected chi connectivity index (χ0v) is 8.30. The van der Waals surface area contributed by atoms with Crippen molar-refractivity contribution in [2.45, 2.75) is 24.3 Å². The van der Waals surface area contributed by atoms with Crippen LogP contribution >= 0.6 is 11.8 Å². The van der Waals surface area contributed by atoms with Crippen molar-refractivity contribution in [3.63, 3.8) is 0 Å². The molecule has 0 saturated heterocycles. The molecule has 0 radical (unpaired) electrons. The van der Waals surface area contributed by atoms with Gasteiger partial charge < -0.3 is 0 Å². The van der Waals surface area contributed by atoms with E-state index in [0.717, 1.165) is 17.3 Å². The Morgan fingerprint density at radius 1 is 1.46 bits per heavy atom. The van der Waals surface area contributed by atoms with Crippen LogP contribution < -0.4 is 0 Å². The van der Waals surface area contributed by atoms with Gasteiger partial charge in [-0.3, -0.25) is 0 Å². The molecule has 74 valence electrons. The van der Waals surface area contributed by atoms with Crippen LogP contribution in [0.25, 0.3) is 0 Å². The standard InChI is InChI=1S/C9H11F3S/c1-7-4-3-5-8(6-7,13-2)9(10,11)12/h3,5-6H,4H2,1-2H3. The number of hydrogen-bond donors (Lipinski definition) is 0. The normalized spacial score (nSPS) is 28.8. The minimum atomic E-state index is -4.20. The SMILES string of the molecule is CSC1(C(F)(F)F)C=CCC(C)=C1. The predicted molar refractivity (Wildman–Crippen MR) is 49.8 cm³/mol. The largest absolute Gasteiger partial charge is 0.410 e. The van der Waals surface area contributed by atoms with Gasteiger partial charge in [0, 0.05) is 0 Å². The van der Waals surface area contributed by atoms with E-state index in [-0.39, 0.29) is 0 Å². The zero-order chi connectivity index (χ0) is 10.1. The molecular formula is C9H11F3S. The lowest BCUT2D eigenvalue weighted by atomic mass is 9.97. The van der Waals surface area contributed by atoms with Crippen molar-refractivity contribution < 1.29 is 13.2 Å². The van der Waals surface area contributed by atoms with Crippen molar-refractivity contribution in [3.8, 4) is 0 Å². The minimum absolute atomic E-state index is 0.623. The van der Waals surface area contributed by atoms with E-state index in [1.165, 1.54) is 18.4 Å². The highest BCUT2D eigenvalue weighted by atomic mass is 32.2. The van der Waals surface area contributed by atoms with E-state index < -0.39 is 10.9 Å². The van der Waals surface area contributed by atoms with E-state index in [4.69, 9.17) is 0 Å². The maximum absolute atomic E-state index is 12.7. The molecule has 1 atom stereocenters. The van der Waals surface area contributed by atoms with Crippen LogP contribution in [0.1, 0.15) is 13.3 Å². The fourth-order valence-corrected chi connectivity index (χ4v) is 2.09. The Hall–Kier alpha value is -0.380. The lowest BCUT2D eigenvalue weighted by molar-refractivity contribution is -0.137. The quantitative estimate of drug-likeness (QED) is 0.594. The van der Waals surface area contributed by atoms with E-state index in [0.29, 0.717) is 6.42 Å². The average molecular weight is 208 g/mol. The molecule has 0 saturated carbocycles. The second-order valence-corrected chi connectivity index (χ2v) is 4.18. The number of rotatable bonds is 1. The topological polar surface area (TPSA) is 0 Å². The minimum Gasteiger partial charge on any atom is -0.169 e. The van der Waals surface area contributed by atoms with Gasteiger partial charge >= 0.3 is 6.18 Å². The summed E-state index contributed by atoms with van der Waals surface area (Å²) < 4.78 is 36.2. The van der Waals surface area contributed by atoms with Crippen molar-refractivity contribution >= 4 is 11.8 Å². The van der Waals surface area contributed by atoms with Crippen LogP contribution in [0.2, 0.25) is 0 Å². The molecule has 0 fully saturated rings. The number of halogens is 3. The monoisotopic (exact) mass is 208 g/mol. The molecule has 1 unspecified atom stereocenters. The molecule has 1 rings (SSSR count). The molecular weight excluding hydrogens is 197 g/mol. The van der Waals surface area contributed by atoms with Gasteiger partial charge in [0.25, 0.3) is 0 Å². The van der Waals surface area contributed by atoms with Gasteiger partial charge in [-0.25, -0.2) is 0 Å². The summed E-state index contributed by atoms with van der Waals surface area (Å²) in [5.41, 5.74) is 0.772. The molecule has 0 nitrogen and oxygen atoms in total. The second kappa shape index (κ2) is 3.40. The van der Waals surface area contributed by atoms with Crippen LogP contribution in [0.5, 0.6) is 0 Å². The fraction of sp³-hybridized carbons (Fsp3) is 0.556. The molecule has 0 aliphatic heterocycles. The molecule has 0 heterocycles. The maximum Gasteiger partial charge on any atom is 0.410 e. The first kappa shape index (κ1) is 10.7. The number of allylic oxidation sites excluding steroid dienone is 2. The summed E-state index contributed by atoms with van der Waals surface area (Å²) in [5, 5.41) is 0. The van der Waals surface area contributed by atoms with Crippen molar-refractivity contribution in [3.05, 3.63) is 23.8 Å². The van der Waals surface area contributed by atoms with Gasteiger partial charge in [0.1, 0.15) is 4.75 Å². The smallest absolute Gasteiger partial charge is 0.169 e. The molecule has 0 N–H and O–H groups in total. The van der Waals surface area contributed by atoms with Crippen molar-refractivity contribution in [2.75, 3.05) is 6.26 Å². The molecule has 0 bridgehead atoms. The van der Waals surface area contributed by atoms with Crippen LogP contribution in [-0.4, -0.2) is 17.2 Å². The van der Waals surface area contributed by atoms with Crippen LogP contribution in [0.3, 0.4) is 0 Å². The first-order valence-corrected chi connectivity index (χ1v) is 5.12. The molecule has 0 spiro atoms. The Morgan fingerprint density at radius 3 is 2.38 bits per heavy atom. The third kappa shape index (κ3) is 1.93. The summed E-state index contributed by atoms with van der Waals surface area (Å²) >= 11 is 0.816. The number of thioether (sulfide) groups is 1. The third-order valence-corrected chi connectivity index (χ3v) is 3.21. The lowest BCUT2D eigenvalue weighted by Crippen LogP contribution is -2.39. The summed E-state index contributed by atoms with van der Waals surface area (Å²) in [5.74, 6) is 0. The van der Waals surface area contributed by atoms with Crippen molar-refractivity contribution in [1.29, 1.82) is 0 Å². The first-order chi connectivity index (χ1) is 5.91. The summed E-state index contributed by atoms with van der Waals surface area (Å²) in [7, 11) is 0. The van der Waals surface area contributed by atoms with Gasteiger partial charge in [-0.15, -0.1) is 11.8 Å². The molecule has 1 aliphatic carbocycles. The van der Waals surface area contributed by atoms with Crippen molar-refractivity contribution in [1.82, 2.24) is 0 Å². The highest BCUT2D eigenvalue weighted by Crippen LogP contribution is 2.45. The maximum atomic E-state index is 12.7. The molecule has 1 aliphatic rings. The van der Waals surface area contributed by atoms with Gasteiger partial charge in [-0.2, -0.15) is 13.2 Å². The molecule has 0 amide bonds. The Morgan fingerprint density at radius 2 is 2.08 bits per heavy atom. The van der Waals surface area contributed by atoms with Gasteiger partial charge in [-0.05, 0) is 19.6 Å². The molecule has 0 aromatic rings. The lowest BCUT2D eigenvalue weighted by Gasteiger charge is -2.30. The van der Waals surface area contributed by atoms with E-state index in [1.807, 2.05) is 0 Å². The molecule has 0 aromatic heterocycles. The Labute approximate surface area is 79.9 Å². The van der Waals surface area contributed by atoms with Gasteiger partial charge in [0.2, 0.25) is 0 Å². The van der Waals surface area contributed by atoms with E-state index >= 15 is 0 Å². The number of alkyl halides is 3. The zero-order valence-electron chi connectivity index (χ0n) is 7.48. The second-order valence-electron chi connectivity index (χ2n) is 3.09. The fourth-order valence-electron chi connectivity index (χ4n) is 1.31. The Kier molecular flexibility index (Phi) is 2.80. The summed E-state index contributed by atoms with van der Waals surface area (Å²) in [4.78, 5) is 0. The molecule has 4 heteroatoms. The van der Waals surface area contributed by atoms with Crippen molar-refractivity contribution in [2.24, 2.45) is 0 Å². The van der Waals surface area contributed by atoms with Crippen LogP contribution in [0.4, 0.5) is 13.2 Å². The highest BCUT2D eigenvalue weighted by molar-refractivity contribution is 8.00. The van der Waals surface area contributed by atoms with Crippen LogP contribution in [0, 0.1) is 0 Å². The third-order valence-electron chi connectivity index (χ3n) is 2.05. The van der Waals surface area contributed by atoms with Gasteiger partial charge in [-0.1, -0.05) is 23.8 Å². The Bertz CT molecular complexity index is 252. The first-order valence-electron chi connectivity index (χ1n) is 3.89. The van der Waals surface area contributed by atoms with E-state index in [1.54, 1.807) is 13.0 Å². The molecule has 13 heavy (non-hydrogen) atoms.